The summed E-state index contributed by atoms with van der Waals surface area (Å²) in [7, 11) is 0. The maximum absolute atomic E-state index is 12.3. The van der Waals surface area contributed by atoms with Crippen molar-refractivity contribution in [3.05, 3.63) is 34.9 Å². The molecule has 1 saturated carbocycles. The molecule has 0 aliphatic heterocycles. The first kappa shape index (κ1) is 16.8. The summed E-state index contributed by atoms with van der Waals surface area (Å²) in [5.41, 5.74) is 0.0378. The molecule has 0 radical (unpaired) electrons. The van der Waals surface area contributed by atoms with Crippen LogP contribution in [0.15, 0.2) is 24.3 Å². The molecular weight excluding hydrogens is 306 g/mol. The summed E-state index contributed by atoms with van der Waals surface area (Å²) in [5.74, 6) is -0.407. The monoisotopic (exact) mass is 325 g/mol. The predicted octanol–water partition coefficient (Wildman–Crippen LogP) is 2.81. The van der Waals surface area contributed by atoms with Crippen LogP contribution in [0.2, 0.25) is 5.02 Å². The number of ether oxygens (including phenoxy) is 2. The average Bonchev–Trinajstić information content (AvgIpc) is 2.55. The third-order valence-corrected chi connectivity index (χ3v) is 4.08. The molecule has 1 N–H and O–H groups in total. The van der Waals surface area contributed by atoms with Gasteiger partial charge in [0.1, 0.15) is 0 Å². The van der Waals surface area contributed by atoms with E-state index in [9.17, 15) is 9.59 Å². The van der Waals surface area contributed by atoms with Gasteiger partial charge in [-0.05, 0) is 43.4 Å². The molecule has 1 aromatic carbocycles. The first-order chi connectivity index (χ1) is 10.7. The summed E-state index contributed by atoms with van der Waals surface area (Å²) in [6.45, 7) is 0.196. The molecule has 1 aliphatic rings. The van der Waals surface area contributed by atoms with E-state index < -0.39 is 11.6 Å². The lowest BCUT2D eigenvalue weighted by Gasteiger charge is -2.34. The van der Waals surface area contributed by atoms with E-state index in [4.69, 9.17) is 21.1 Å². The number of hydrogen-bond donors (Lipinski definition) is 1. The van der Waals surface area contributed by atoms with Crippen LogP contribution in [0, 0.1) is 0 Å². The van der Waals surface area contributed by atoms with Crippen LogP contribution in [0.1, 0.15) is 37.7 Å². The van der Waals surface area contributed by atoms with Crippen molar-refractivity contribution in [1.82, 2.24) is 5.32 Å². The van der Waals surface area contributed by atoms with Crippen LogP contribution in [-0.4, -0.2) is 24.7 Å². The Bertz CT molecular complexity index is 497. The van der Waals surface area contributed by atoms with Crippen LogP contribution in [0.5, 0.6) is 0 Å². The number of carbonyl (C=O) groups is 2. The molecule has 6 heteroatoms. The maximum Gasteiger partial charge on any atom is 0.340 e. The number of carbonyl (C=O) groups excluding carboxylic acids is 2. The second-order valence-corrected chi connectivity index (χ2v) is 5.80. The zero-order valence-corrected chi connectivity index (χ0v) is 13.1. The average molecular weight is 326 g/mol. The van der Waals surface area contributed by atoms with E-state index >= 15 is 0 Å². The first-order valence-corrected chi connectivity index (χ1v) is 7.77. The van der Waals surface area contributed by atoms with Gasteiger partial charge in [0.15, 0.2) is 12.3 Å². The van der Waals surface area contributed by atoms with E-state index in [1.54, 1.807) is 12.1 Å². The summed E-state index contributed by atoms with van der Waals surface area (Å²) in [6.07, 6.45) is 4.72. The van der Waals surface area contributed by atoms with Gasteiger partial charge in [-0.2, -0.15) is 0 Å². The van der Waals surface area contributed by atoms with Gasteiger partial charge in [-0.15, -0.1) is 0 Å². The van der Waals surface area contributed by atoms with Crippen molar-refractivity contribution in [1.29, 1.82) is 0 Å². The predicted molar refractivity (Wildman–Crippen MR) is 82.2 cm³/mol. The molecule has 0 saturated heterocycles. The van der Waals surface area contributed by atoms with E-state index in [1.807, 2.05) is 12.1 Å². The highest BCUT2D eigenvalue weighted by atomic mass is 35.5. The van der Waals surface area contributed by atoms with Gasteiger partial charge >= 0.3 is 5.97 Å². The van der Waals surface area contributed by atoms with E-state index in [0.717, 1.165) is 24.8 Å². The number of benzene rings is 1. The van der Waals surface area contributed by atoms with Crippen LogP contribution in [0.3, 0.4) is 0 Å². The second-order valence-electron chi connectivity index (χ2n) is 5.37. The highest BCUT2D eigenvalue weighted by molar-refractivity contribution is 6.30. The number of halogens is 1. The number of nitrogens with one attached hydrogen (secondary N) is 1. The van der Waals surface area contributed by atoms with E-state index in [1.165, 1.54) is 0 Å². The molecule has 0 spiro atoms. The van der Waals surface area contributed by atoms with Crippen molar-refractivity contribution in [2.45, 2.75) is 44.3 Å². The summed E-state index contributed by atoms with van der Waals surface area (Å²) >= 11 is 5.86. The van der Waals surface area contributed by atoms with Gasteiger partial charge in [0.05, 0.1) is 6.61 Å². The van der Waals surface area contributed by atoms with Gasteiger partial charge in [0.25, 0.3) is 0 Å². The SMILES string of the molecule is O=CNCOC(=O)C1(OCc2ccc(Cl)cc2)CCCCC1. The fraction of sp³-hybridized carbons (Fsp3) is 0.500. The van der Waals surface area contributed by atoms with Crippen LogP contribution in [0.4, 0.5) is 0 Å². The van der Waals surface area contributed by atoms with Gasteiger partial charge in [-0.3, -0.25) is 4.79 Å². The molecule has 1 aromatic rings. The highest BCUT2D eigenvalue weighted by Gasteiger charge is 2.42. The van der Waals surface area contributed by atoms with E-state index in [2.05, 4.69) is 5.32 Å². The Hall–Kier alpha value is -1.59. The molecule has 1 amide bonds. The zero-order chi connectivity index (χ0) is 15.8. The smallest absolute Gasteiger partial charge is 0.340 e. The number of rotatable bonds is 7. The summed E-state index contributed by atoms with van der Waals surface area (Å²) in [5, 5.41) is 2.98. The number of esters is 1. The first-order valence-electron chi connectivity index (χ1n) is 7.39. The van der Waals surface area contributed by atoms with Crippen LogP contribution < -0.4 is 5.32 Å². The lowest BCUT2D eigenvalue weighted by Crippen LogP contribution is -2.45. The van der Waals surface area contributed by atoms with Crippen LogP contribution >= 0.6 is 11.6 Å². The van der Waals surface area contributed by atoms with E-state index in [-0.39, 0.29) is 6.73 Å². The molecule has 0 bridgehead atoms. The Balaban J connectivity index is 1.99. The van der Waals surface area contributed by atoms with Crippen molar-refractivity contribution in [2.75, 3.05) is 6.73 Å². The fourth-order valence-electron chi connectivity index (χ4n) is 2.61. The minimum Gasteiger partial charge on any atom is -0.442 e. The van der Waals surface area contributed by atoms with Crippen molar-refractivity contribution in [3.8, 4) is 0 Å². The quantitative estimate of drug-likeness (QED) is 0.362. The summed E-state index contributed by atoms with van der Waals surface area (Å²) < 4.78 is 11.1. The molecule has 2 rings (SSSR count). The molecular formula is C16H20ClNO4. The molecule has 0 atom stereocenters. The molecule has 0 aromatic heterocycles. The highest BCUT2D eigenvalue weighted by Crippen LogP contribution is 2.33. The van der Waals surface area contributed by atoms with Gasteiger partial charge in [-0.1, -0.05) is 30.2 Å². The minimum absolute atomic E-state index is 0.131. The molecule has 0 heterocycles. The summed E-state index contributed by atoms with van der Waals surface area (Å²) in [6, 6.07) is 7.33. The third kappa shape index (κ3) is 4.45. The number of hydrogen-bond acceptors (Lipinski definition) is 4. The molecule has 120 valence electrons. The Kier molecular flexibility index (Phi) is 6.21. The van der Waals surface area contributed by atoms with Gasteiger partial charge in [0, 0.05) is 5.02 Å². The topological polar surface area (TPSA) is 64.6 Å². The molecule has 22 heavy (non-hydrogen) atoms. The Morgan fingerprint density at radius 2 is 1.91 bits per heavy atom. The zero-order valence-electron chi connectivity index (χ0n) is 12.3. The molecule has 0 unspecified atom stereocenters. The second kappa shape index (κ2) is 8.15. The van der Waals surface area contributed by atoms with Gasteiger partial charge in [0.2, 0.25) is 6.41 Å². The lowest BCUT2D eigenvalue weighted by molar-refractivity contribution is -0.180. The van der Waals surface area contributed by atoms with Crippen LogP contribution in [-0.2, 0) is 25.7 Å². The van der Waals surface area contributed by atoms with Gasteiger partial charge in [-0.25, -0.2) is 4.79 Å². The Morgan fingerprint density at radius 3 is 2.55 bits per heavy atom. The van der Waals surface area contributed by atoms with Crippen molar-refractivity contribution in [2.24, 2.45) is 0 Å². The molecule has 1 aliphatic carbocycles. The normalized spacial score (nSPS) is 16.8. The van der Waals surface area contributed by atoms with Gasteiger partial charge < -0.3 is 14.8 Å². The van der Waals surface area contributed by atoms with Crippen molar-refractivity contribution >= 4 is 24.0 Å². The Labute approximate surface area is 134 Å². The summed E-state index contributed by atoms with van der Waals surface area (Å²) in [4.78, 5) is 22.6. The molecule has 1 fully saturated rings. The maximum atomic E-state index is 12.3. The van der Waals surface area contributed by atoms with Crippen molar-refractivity contribution in [3.63, 3.8) is 0 Å². The van der Waals surface area contributed by atoms with Crippen LogP contribution in [0.25, 0.3) is 0 Å². The third-order valence-electron chi connectivity index (χ3n) is 3.83. The minimum atomic E-state index is -0.914. The van der Waals surface area contributed by atoms with Crippen molar-refractivity contribution < 1.29 is 19.1 Å². The fourth-order valence-corrected chi connectivity index (χ4v) is 2.73. The lowest BCUT2D eigenvalue weighted by atomic mass is 9.84. The number of amides is 1. The largest absolute Gasteiger partial charge is 0.442 e. The standard InChI is InChI=1S/C16H20ClNO4/c17-14-6-4-13(5-7-14)10-22-16(8-2-1-3-9-16)15(20)21-12-18-11-19/h4-7,11H,1-3,8-10,12H2,(H,18,19). The Morgan fingerprint density at radius 1 is 1.23 bits per heavy atom. The molecule has 5 nitrogen and oxygen atoms in total. The van der Waals surface area contributed by atoms with E-state index in [0.29, 0.717) is 30.9 Å².